The van der Waals surface area contributed by atoms with E-state index in [0.717, 1.165) is 33.3 Å². The molecule has 0 saturated heterocycles. The van der Waals surface area contributed by atoms with Crippen molar-refractivity contribution >= 4 is 21.9 Å². The highest BCUT2D eigenvalue weighted by Gasteiger charge is 2.36. The van der Waals surface area contributed by atoms with E-state index < -0.39 is 5.97 Å². The predicted octanol–water partition coefficient (Wildman–Crippen LogP) is 6.53. The maximum atomic E-state index is 11.9. The lowest BCUT2D eigenvalue weighted by Gasteiger charge is -2.16. The highest BCUT2D eigenvalue weighted by atomic mass is 79.9. The molecule has 0 N–H and O–H groups in total. The molecule has 4 rings (SSSR count). The number of halogens is 1. The lowest BCUT2D eigenvalue weighted by molar-refractivity contribution is 0.0594. The Morgan fingerprint density at radius 3 is 2.53 bits per heavy atom. The number of ether oxygens (including phenoxy) is 2. The first kappa shape index (κ1) is 20.6. The van der Waals surface area contributed by atoms with Crippen molar-refractivity contribution in [2.45, 2.75) is 26.2 Å². The molecule has 0 radical (unpaired) electrons. The highest BCUT2D eigenvalue weighted by Crippen LogP contribution is 2.48. The Kier molecular flexibility index (Phi) is 5.91. The second-order valence-electron chi connectivity index (χ2n) is 7.99. The standard InChI is InChI=1S/C25H24BrNO3/c1-25(12-13-25)14-15-30-23-11-10-17(26)16-20(23)18-6-3-4-7-19(18)21-8-5-9-22(27-21)24(28)29-2/h3-11,16H,12-15H2,1-2H3. The predicted molar refractivity (Wildman–Crippen MR) is 122 cm³/mol. The Morgan fingerprint density at radius 1 is 1.03 bits per heavy atom. The van der Waals surface area contributed by atoms with Gasteiger partial charge in [0, 0.05) is 15.6 Å². The number of methoxy groups -OCH3 is 1. The molecule has 1 heterocycles. The van der Waals surface area contributed by atoms with Gasteiger partial charge in [0.1, 0.15) is 11.4 Å². The zero-order valence-corrected chi connectivity index (χ0v) is 18.7. The Balaban J connectivity index is 1.72. The Hall–Kier alpha value is -2.66. The van der Waals surface area contributed by atoms with Crippen LogP contribution in [0.1, 0.15) is 36.7 Å². The Labute approximate surface area is 185 Å². The first-order valence-electron chi connectivity index (χ1n) is 10.1. The minimum atomic E-state index is -0.450. The molecule has 0 amide bonds. The number of rotatable bonds is 7. The molecule has 2 aromatic carbocycles. The molecule has 4 nitrogen and oxygen atoms in total. The van der Waals surface area contributed by atoms with Crippen molar-refractivity contribution in [2.75, 3.05) is 13.7 Å². The molecule has 0 atom stereocenters. The van der Waals surface area contributed by atoms with Gasteiger partial charge < -0.3 is 9.47 Å². The van der Waals surface area contributed by atoms with Gasteiger partial charge in [-0.1, -0.05) is 53.2 Å². The van der Waals surface area contributed by atoms with Gasteiger partial charge in [-0.25, -0.2) is 9.78 Å². The van der Waals surface area contributed by atoms with Crippen molar-refractivity contribution in [3.05, 3.63) is 70.8 Å². The normalized spacial score (nSPS) is 14.2. The maximum absolute atomic E-state index is 11.9. The molecule has 0 unspecified atom stereocenters. The Morgan fingerprint density at radius 2 is 1.80 bits per heavy atom. The average Bonchev–Trinajstić information content (AvgIpc) is 3.51. The summed E-state index contributed by atoms with van der Waals surface area (Å²) in [5, 5.41) is 0. The van der Waals surface area contributed by atoms with Crippen molar-refractivity contribution in [3.63, 3.8) is 0 Å². The van der Waals surface area contributed by atoms with E-state index in [1.165, 1.54) is 20.0 Å². The van der Waals surface area contributed by atoms with Crippen LogP contribution in [0.3, 0.4) is 0 Å². The zero-order chi connectivity index (χ0) is 21.1. The lowest BCUT2D eigenvalue weighted by atomic mass is 9.96. The van der Waals surface area contributed by atoms with E-state index in [4.69, 9.17) is 9.47 Å². The number of carbonyl (C=O) groups is 1. The van der Waals surface area contributed by atoms with Gasteiger partial charge in [-0.15, -0.1) is 0 Å². The first-order valence-corrected chi connectivity index (χ1v) is 10.9. The van der Waals surface area contributed by atoms with Gasteiger partial charge in [-0.2, -0.15) is 0 Å². The number of esters is 1. The quantitative estimate of drug-likeness (QED) is 0.372. The van der Waals surface area contributed by atoms with Crippen LogP contribution in [-0.4, -0.2) is 24.7 Å². The molecule has 1 saturated carbocycles. The summed E-state index contributed by atoms with van der Waals surface area (Å²) in [6, 6.07) is 19.5. The fourth-order valence-corrected chi connectivity index (χ4v) is 3.81. The summed E-state index contributed by atoms with van der Waals surface area (Å²) in [6.45, 7) is 3.01. The molecule has 30 heavy (non-hydrogen) atoms. The molecule has 5 heteroatoms. The third-order valence-corrected chi connectivity index (χ3v) is 6.14. The smallest absolute Gasteiger partial charge is 0.356 e. The number of benzene rings is 2. The van der Waals surface area contributed by atoms with Crippen LogP contribution in [0.2, 0.25) is 0 Å². The van der Waals surface area contributed by atoms with E-state index in [9.17, 15) is 4.79 Å². The number of carbonyl (C=O) groups excluding carboxylic acids is 1. The van der Waals surface area contributed by atoms with Crippen molar-refractivity contribution in [2.24, 2.45) is 5.41 Å². The van der Waals surface area contributed by atoms with Gasteiger partial charge in [0.25, 0.3) is 0 Å². The van der Waals surface area contributed by atoms with Gasteiger partial charge in [0.2, 0.25) is 0 Å². The third-order valence-electron chi connectivity index (χ3n) is 5.65. The molecule has 0 spiro atoms. The monoisotopic (exact) mass is 465 g/mol. The molecule has 1 aliphatic rings. The topological polar surface area (TPSA) is 48.4 Å². The highest BCUT2D eigenvalue weighted by molar-refractivity contribution is 9.10. The van der Waals surface area contributed by atoms with Crippen molar-refractivity contribution in [1.82, 2.24) is 4.98 Å². The largest absolute Gasteiger partial charge is 0.493 e. The minimum absolute atomic E-state index is 0.285. The van der Waals surface area contributed by atoms with E-state index in [-0.39, 0.29) is 5.69 Å². The summed E-state index contributed by atoms with van der Waals surface area (Å²) in [7, 11) is 1.36. The van der Waals surface area contributed by atoms with Crippen LogP contribution in [0.4, 0.5) is 0 Å². The fourth-order valence-electron chi connectivity index (χ4n) is 3.45. The number of nitrogens with zero attached hydrogens (tertiary/aromatic N) is 1. The SMILES string of the molecule is COC(=O)c1cccc(-c2ccccc2-c2cc(Br)ccc2OCCC2(C)CC2)n1. The molecular formula is C25H24BrNO3. The number of pyridine rings is 1. The average molecular weight is 466 g/mol. The van der Waals surface area contributed by atoms with Gasteiger partial charge in [0.05, 0.1) is 19.4 Å². The molecular weight excluding hydrogens is 442 g/mol. The van der Waals surface area contributed by atoms with E-state index in [1.807, 2.05) is 42.5 Å². The number of hydrogen-bond donors (Lipinski definition) is 0. The summed E-state index contributed by atoms with van der Waals surface area (Å²) in [4.78, 5) is 16.5. The zero-order valence-electron chi connectivity index (χ0n) is 17.2. The van der Waals surface area contributed by atoms with E-state index in [1.54, 1.807) is 6.07 Å². The summed E-state index contributed by atoms with van der Waals surface area (Å²) in [5.41, 5.74) is 4.37. The fraction of sp³-hybridized carbons (Fsp3) is 0.280. The van der Waals surface area contributed by atoms with Crippen LogP contribution in [-0.2, 0) is 4.74 Å². The van der Waals surface area contributed by atoms with Crippen LogP contribution in [0.25, 0.3) is 22.4 Å². The maximum Gasteiger partial charge on any atom is 0.356 e. The molecule has 1 fully saturated rings. The second-order valence-corrected chi connectivity index (χ2v) is 8.91. The number of aromatic nitrogens is 1. The minimum Gasteiger partial charge on any atom is -0.493 e. The van der Waals surface area contributed by atoms with Crippen LogP contribution >= 0.6 is 15.9 Å². The van der Waals surface area contributed by atoms with Gasteiger partial charge in [-0.05, 0) is 60.6 Å². The van der Waals surface area contributed by atoms with Crippen LogP contribution in [0.15, 0.2) is 65.1 Å². The van der Waals surface area contributed by atoms with E-state index in [0.29, 0.717) is 17.7 Å². The van der Waals surface area contributed by atoms with Gasteiger partial charge in [0.15, 0.2) is 0 Å². The summed E-state index contributed by atoms with van der Waals surface area (Å²) in [5.74, 6) is 0.397. The molecule has 3 aromatic rings. The van der Waals surface area contributed by atoms with Crippen LogP contribution in [0, 0.1) is 5.41 Å². The first-order chi connectivity index (χ1) is 14.5. The van der Waals surface area contributed by atoms with Crippen LogP contribution < -0.4 is 4.74 Å². The van der Waals surface area contributed by atoms with Gasteiger partial charge in [-0.3, -0.25) is 0 Å². The second kappa shape index (κ2) is 8.60. The molecule has 1 aliphatic carbocycles. The van der Waals surface area contributed by atoms with Crippen molar-refractivity contribution < 1.29 is 14.3 Å². The van der Waals surface area contributed by atoms with Crippen LogP contribution in [0.5, 0.6) is 5.75 Å². The van der Waals surface area contributed by atoms with E-state index >= 15 is 0 Å². The Bertz CT molecular complexity index is 1080. The van der Waals surface area contributed by atoms with E-state index in [2.05, 4.69) is 40.0 Å². The summed E-state index contributed by atoms with van der Waals surface area (Å²) >= 11 is 3.59. The molecule has 1 aromatic heterocycles. The summed E-state index contributed by atoms with van der Waals surface area (Å²) in [6.07, 6.45) is 3.63. The molecule has 0 bridgehead atoms. The van der Waals surface area contributed by atoms with Crippen molar-refractivity contribution in [1.29, 1.82) is 0 Å². The third kappa shape index (κ3) is 4.57. The number of hydrogen-bond acceptors (Lipinski definition) is 4. The van der Waals surface area contributed by atoms with Crippen molar-refractivity contribution in [3.8, 4) is 28.1 Å². The molecule has 0 aliphatic heterocycles. The summed E-state index contributed by atoms with van der Waals surface area (Å²) < 4.78 is 12.0. The van der Waals surface area contributed by atoms with Gasteiger partial charge >= 0.3 is 5.97 Å². The molecule has 154 valence electrons. The lowest BCUT2D eigenvalue weighted by Crippen LogP contribution is -2.05.